The van der Waals surface area contributed by atoms with E-state index in [4.69, 9.17) is 10.4 Å². The zero-order valence-electron chi connectivity index (χ0n) is 5.40. The van der Waals surface area contributed by atoms with Crippen LogP contribution >= 0.6 is 9.42 Å². The van der Waals surface area contributed by atoms with E-state index in [2.05, 4.69) is 9.42 Å². The van der Waals surface area contributed by atoms with Crippen molar-refractivity contribution in [1.82, 2.24) is 0 Å². The van der Waals surface area contributed by atoms with E-state index < -0.39 is 0 Å². The first-order valence-electron chi connectivity index (χ1n) is 2.64. The van der Waals surface area contributed by atoms with Gasteiger partial charge in [0.1, 0.15) is 11.8 Å². The molecule has 0 bridgehead atoms. The summed E-state index contributed by atoms with van der Waals surface area (Å²) in [5, 5.41) is 17.2. The number of nitrogens with zero attached hydrogens (tertiary/aromatic N) is 1. The van der Waals surface area contributed by atoms with Gasteiger partial charge < -0.3 is 5.11 Å². The average molecular weight is 350 g/mol. The Morgan fingerprint density at radius 1 is 1.36 bits per heavy atom. The Balaban J connectivity index is 0.000000461. The standard InChI is InChI=1S/C7H5NO.ClH.Pt/c8-5-6-3-1-2-4-7(6)9;;/h1-4,9H;1H;/q;;+1/p-1. The van der Waals surface area contributed by atoms with Crippen LogP contribution in [-0.2, 0) is 18.8 Å². The van der Waals surface area contributed by atoms with Gasteiger partial charge in [-0.3, -0.25) is 0 Å². The van der Waals surface area contributed by atoms with Gasteiger partial charge in [-0.15, -0.1) is 0 Å². The minimum atomic E-state index is 0.0417. The van der Waals surface area contributed by atoms with Gasteiger partial charge in [0.05, 0.1) is 5.56 Å². The van der Waals surface area contributed by atoms with E-state index in [-0.39, 0.29) is 5.75 Å². The number of phenols is 1. The average Bonchev–Trinajstić information content (AvgIpc) is 2.09. The number of hydrogen-bond acceptors (Lipinski definition) is 2. The molecule has 0 aliphatic heterocycles. The van der Waals surface area contributed by atoms with Crippen molar-refractivity contribution >= 4 is 9.42 Å². The van der Waals surface area contributed by atoms with E-state index in [0.29, 0.717) is 5.56 Å². The molecule has 0 heterocycles. The van der Waals surface area contributed by atoms with Gasteiger partial charge in [0, 0.05) is 0 Å². The second-order valence-electron chi connectivity index (χ2n) is 1.63. The molecule has 0 spiro atoms. The van der Waals surface area contributed by atoms with Crippen LogP contribution in [0.25, 0.3) is 0 Å². The summed E-state index contributed by atoms with van der Waals surface area (Å²) in [6.45, 7) is 0. The summed E-state index contributed by atoms with van der Waals surface area (Å²) in [4.78, 5) is 0. The summed E-state index contributed by atoms with van der Waals surface area (Å²) in [5.74, 6) is 0.0417. The van der Waals surface area contributed by atoms with Gasteiger partial charge in [-0.25, -0.2) is 0 Å². The third-order valence-electron chi connectivity index (χ3n) is 1.02. The van der Waals surface area contributed by atoms with Crippen molar-refractivity contribution in [1.29, 1.82) is 5.26 Å². The molecule has 1 rings (SSSR count). The van der Waals surface area contributed by atoms with Crippen LogP contribution in [0.15, 0.2) is 24.3 Å². The summed E-state index contributed by atoms with van der Waals surface area (Å²) in [6, 6.07) is 8.28. The molecule has 61 valence electrons. The third kappa shape index (κ3) is 3.41. The molecular weight excluding hydrogens is 345 g/mol. The number of halogens is 1. The molecule has 1 aromatic rings. The van der Waals surface area contributed by atoms with Crippen LogP contribution in [-0.4, -0.2) is 5.11 Å². The van der Waals surface area contributed by atoms with Crippen LogP contribution in [0.3, 0.4) is 0 Å². The fourth-order valence-corrected chi connectivity index (χ4v) is 0.568. The van der Waals surface area contributed by atoms with Crippen molar-refractivity contribution in [2.45, 2.75) is 0 Å². The third-order valence-corrected chi connectivity index (χ3v) is 1.02. The molecule has 0 atom stereocenters. The van der Waals surface area contributed by atoms with Crippen LogP contribution in [0.4, 0.5) is 0 Å². The molecule has 1 N–H and O–H groups in total. The van der Waals surface area contributed by atoms with Gasteiger partial charge in [0.2, 0.25) is 0 Å². The Labute approximate surface area is 80.2 Å². The molecule has 11 heavy (non-hydrogen) atoms. The molecule has 0 aromatic heterocycles. The van der Waals surface area contributed by atoms with E-state index in [1.54, 1.807) is 37.0 Å². The Morgan fingerprint density at radius 3 is 2.27 bits per heavy atom. The van der Waals surface area contributed by atoms with Gasteiger partial charge in [0.15, 0.2) is 0 Å². The van der Waals surface area contributed by atoms with E-state index in [0.717, 1.165) is 0 Å². The monoisotopic (exact) mass is 349 g/mol. The topological polar surface area (TPSA) is 44.0 Å². The maximum atomic E-state index is 8.89. The number of aromatic hydroxyl groups is 1. The summed E-state index contributed by atoms with van der Waals surface area (Å²) in [5.41, 5.74) is 0.317. The van der Waals surface area contributed by atoms with Crippen LogP contribution in [0.1, 0.15) is 5.56 Å². The predicted molar refractivity (Wildman–Crippen MR) is 38.7 cm³/mol. The number of phenolic OH excluding ortho intramolecular Hbond substituents is 1. The first-order chi connectivity index (χ1) is 5.34. The second-order valence-corrected chi connectivity index (χ2v) is 1.63. The molecule has 2 nitrogen and oxygen atoms in total. The van der Waals surface area contributed by atoms with Crippen molar-refractivity contribution in [2.75, 3.05) is 0 Å². The van der Waals surface area contributed by atoms with E-state index in [1.165, 1.54) is 6.07 Å². The Kier molecular flexibility index (Phi) is 5.93. The number of para-hydroxylation sites is 1. The van der Waals surface area contributed by atoms with Crippen molar-refractivity contribution in [3.05, 3.63) is 29.8 Å². The molecular formula is C7H5ClNOPt. The quantitative estimate of drug-likeness (QED) is 0.778. The Bertz CT molecular complexity index is 259. The van der Waals surface area contributed by atoms with Gasteiger partial charge >= 0.3 is 28.2 Å². The first kappa shape index (κ1) is 10.5. The normalized spacial score (nSPS) is 7.45. The maximum absolute atomic E-state index is 8.89. The molecule has 1 aromatic carbocycles. The van der Waals surface area contributed by atoms with Crippen LogP contribution < -0.4 is 0 Å². The summed E-state index contributed by atoms with van der Waals surface area (Å²) < 4.78 is 0. The van der Waals surface area contributed by atoms with Crippen molar-refractivity contribution in [3.63, 3.8) is 0 Å². The zero-order chi connectivity index (χ0) is 8.69. The van der Waals surface area contributed by atoms with E-state index in [9.17, 15) is 0 Å². The first-order valence-corrected chi connectivity index (χ1v) is 5.46. The minimum absolute atomic E-state index is 0.0417. The molecule has 0 saturated heterocycles. The summed E-state index contributed by atoms with van der Waals surface area (Å²) in [7, 11) is 4.61. The van der Waals surface area contributed by atoms with Crippen molar-refractivity contribution in [3.8, 4) is 11.8 Å². The molecule has 0 aliphatic carbocycles. The fourth-order valence-electron chi connectivity index (χ4n) is 0.568. The summed E-state index contributed by atoms with van der Waals surface area (Å²) >= 11 is 1.61. The molecule has 0 saturated carbocycles. The number of nitriles is 1. The predicted octanol–water partition coefficient (Wildman–Crippen LogP) is 1.95. The van der Waals surface area contributed by atoms with Gasteiger partial charge in [-0.05, 0) is 12.1 Å². The molecule has 0 amide bonds. The van der Waals surface area contributed by atoms with E-state index in [1.807, 2.05) is 6.07 Å². The number of benzene rings is 1. The fraction of sp³-hybridized carbons (Fsp3) is 0. The number of hydrogen-bond donors (Lipinski definition) is 1. The van der Waals surface area contributed by atoms with Crippen molar-refractivity contribution in [2.24, 2.45) is 0 Å². The van der Waals surface area contributed by atoms with Crippen molar-refractivity contribution < 1.29 is 23.9 Å². The Hall–Kier alpha value is -0.512. The molecule has 0 radical (unpaired) electrons. The Morgan fingerprint density at radius 2 is 1.91 bits per heavy atom. The molecule has 0 aliphatic rings. The van der Waals surface area contributed by atoms with E-state index >= 15 is 0 Å². The van der Waals surface area contributed by atoms with Crippen LogP contribution in [0.5, 0.6) is 5.75 Å². The van der Waals surface area contributed by atoms with Crippen LogP contribution in [0.2, 0.25) is 0 Å². The number of rotatable bonds is 0. The van der Waals surface area contributed by atoms with Gasteiger partial charge in [0.25, 0.3) is 0 Å². The SMILES string of the molecule is N#Cc1ccccc1O.[Cl][Pt]. The van der Waals surface area contributed by atoms with Gasteiger partial charge in [-0.1, -0.05) is 12.1 Å². The molecule has 4 heteroatoms. The molecule has 0 unspecified atom stereocenters. The van der Waals surface area contributed by atoms with Crippen LogP contribution in [0, 0.1) is 11.3 Å². The second kappa shape index (κ2) is 6.21. The summed E-state index contributed by atoms with van der Waals surface area (Å²) in [6.07, 6.45) is 0. The zero-order valence-corrected chi connectivity index (χ0v) is 8.43. The van der Waals surface area contributed by atoms with Gasteiger partial charge in [-0.2, -0.15) is 5.26 Å². The molecule has 0 fully saturated rings.